The Bertz CT molecular complexity index is 1120. The van der Waals surface area contributed by atoms with Crippen LogP contribution >= 0.6 is 0 Å². The number of nitrogens with one attached hydrogen (secondary N) is 1. The molecule has 1 saturated carbocycles. The molecule has 5 nitrogen and oxygen atoms in total. The molecule has 1 fully saturated rings. The van der Waals surface area contributed by atoms with Crippen molar-refractivity contribution >= 4 is 22.5 Å². The van der Waals surface area contributed by atoms with Crippen LogP contribution in [0.4, 0.5) is 10.1 Å². The van der Waals surface area contributed by atoms with Crippen molar-refractivity contribution in [2.75, 3.05) is 11.9 Å². The van der Waals surface area contributed by atoms with E-state index in [9.17, 15) is 14.0 Å². The third-order valence-electron chi connectivity index (χ3n) is 5.43. The van der Waals surface area contributed by atoms with Crippen LogP contribution < -0.4 is 15.6 Å². The second-order valence-electron chi connectivity index (χ2n) is 7.60. The molecule has 150 valence electrons. The third kappa shape index (κ3) is 4.31. The quantitative estimate of drug-likeness (QED) is 0.679. The Morgan fingerprint density at radius 1 is 1.21 bits per heavy atom. The lowest BCUT2D eigenvalue weighted by Crippen LogP contribution is -2.27. The molecular formula is C23H23FN2O3. The Balaban J connectivity index is 1.52. The molecule has 0 radical (unpaired) electrons. The lowest BCUT2D eigenvalue weighted by atomic mass is 9.85. The molecule has 0 aliphatic heterocycles. The van der Waals surface area contributed by atoms with Crippen molar-refractivity contribution in [3.05, 3.63) is 70.3 Å². The van der Waals surface area contributed by atoms with E-state index in [1.54, 1.807) is 18.2 Å². The van der Waals surface area contributed by atoms with Crippen LogP contribution in [0, 0.1) is 18.7 Å². The number of nitrogens with zero attached hydrogens (tertiary/aromatic N) is 1. The lowest BCUT2D eigenvalue weighted by Gasteiger charge is -2.27. The molecule has 3 aromatic rings. The van der Waals surface area contributed by atoms with E-state index in [4.69, 9.17) is 4.74 Å². The van der Waals surface area contributed by atoms with E-state index in [2.05, 4.69) is 5.32 Å². The van der Waals surface area contributed by atoms with Crippen LogP contribution in [0.5, 0.6) is 5.75 Å². The van der Waals surface area contributed by atoms with Crippen LogP contribution in [-0.2, 0) is 11.3 Å². The minimum absolute atomic E-state index is 0.0112. The van der Waals surface area contributed by atoms with Gasteiger partial charge in [0.05, 0.1) is 5.52 Å². The first kappa shape index (κ1) is 19.2. The van der Waals surface area contributed by atoms with Crippen LogP contribution in [0.1, 0.15) is 24.8 Å². The van der Waals surface area contributed by atoms with E-state index in [-0.39, 0.29) is 18.1 Å². The number of ether oxygens (including phenoxy) is 1. The maximum Gasteiger partial charge on any atom is 0.262 e. The fraction of sp³-hybridized carbons (Fsp3) is 0.304. The summed E-state index contributed by atoms with van der Waals surface area (Å²) < 4.78 is 20.7. The van der Waals surface area contributed by atoms with Crippen molar-refractivity contribution in [2.45, 2.75) is 32.7 Å². The zero-order valence-electron chi connectivity index (χ0n) is 16.3. The first-order valence-corrected chi connectivity index (χ1v) is 9.82. The molecule has 0 bridgehead atoms. The van der Waals surface area contributed by atoms with E-state index < -0.39 is 5.82 Å². The van der Waals surface area contributed by atoms with Gasteiger partial charge in [0.25, 0.3) is 11.5 Å². The average molecular weight is 394 g/mol. The van der Waals surface area contributed by atoms with Crippen molar-refractivity contribution in [3.63, 3.8) is 0 Å². The van der Waals surface area contributed by atoms with Gasteiger partial charge in [-0.05, 0) is 61.6 Å². The van der Waals surface area contributed by atoms with Gasteiger partial charge in [-0.25, -0.2) is 4.39 Å². The van der Waals surface area contributed by atoms with Gasteiger partial charge in [-0.1, -0.05) is 12.5 Å². The zero-order chi connectivity index (χ0) is 20.4. The number of hydrogen-bond donors (Lipinski definition) is 1. The second kappa shape index (κ2) is 8.07. The van der Waals surface area contributed by atoms with E-state index >= 15 is 0 Å². The van der Waals surface area contributed by atoms with E-state index in [0.717, 1.165) is 29.3 Å². The summed E-state index contributed by atoms with van der Waals surface area (Å²) in [5.41, 5.74) is 2.11. The normalized spacial score (nSPS) is 13.9. The minimum atomic E-state index is -0.418. The van der Waals surface area contributed by atoms with Crippen LogP contribution in [0.3, 0.4) is 0 Å². The first-order chi connectivity index (χ1) is 14.0. The molecule has 0 saturated heterocycles. The number of carbonyl (C=O) groups excluding carboxylic acids is 1. The maximum absolute atomic E-state index is 13.2. The highest BCUT2D eigenvalue weighted by Gasteiger charge is 2.20. The standard InChI is InChI=1S/C23H23FN2O3/c1-15-10-23(28)26(13-16-4-2-5-16)21-12-19(8-9-20(15)21)29-14-22(27)25-18-7-3-6-17(24)11-18/h3,6-12,16H,2,4-5,13-14H2,1H3,(H,25,27). The first-order valence-electron chi connectivity index (χ1n) is 9.82. The molecule has 4 rings (SSSR count). The fourth-order valence-electron chi connectivity index (χ4n) is 3.65. The van der Waals surface area contributed by atoms with E-state index in [1.807, 2.05) is 23.6 Å². The Hall–Kier alpha value is -3.15. The Morgan fingerprint density at radius 2 is 2.03 bits per heavy atom. The SMILES string of the molecule is Cc1cc(=O)n(CC2CCC2)c2cc(OCC(=O)Nc3cccc(F)c3)ccc12. The van der Waals surface area contributed by atoms with Crippen LogP contribution in [0.25, 0.3) is 10.9 Å². The zero-order valence-corrected chi connectivity index (χ0v) is 16.3. The van der Waals surface area contributed by atoms with Gasteiger partial charge in [0, 0.05) is 29.8 Å². The number of anilines is 1. The Kier molecular flexibility index (Phi) is 5.34. The number of benzene rings is 2. The fourth-order valence-corrected chi connectivity index (χ4v) is 3.65. The number of fused-ring (bicyclic) bond motifs is 1. The van der Waals surface area contributed by atoms with Gasteiger partial charge in [-0.3, -0.25) is 9.59 Å². The monoisotopic (exact) mass is 394 g/mol. The molecule has 1 amide bonds. The third-order valence-corrected chi connectivity index (χ3v) is 5.43. The molecule has 1 aromatic heterocycles. The van der Waals surface area contributed by atoms with Crippen LogP contribution in [0.2, 0.25) is 0 Å². The summed E-state index contributed by atoms with van der Waals surface area (Å²) in [5.74, 6) is 0.254. The average Bonchev–Trinajstić information content (AvgIpc) is 2.64. The number of aromatic nitrogens is 1. The number of rotatable bonds is 6. The number of aryl methyl sites for hydroxylation is 1. The van der Waals surface area contributed by atoms with Crippen molar-refractivity contribution < 1.29 is 13.9 Å². The lowest BCUT2D eigenvalue weighted by molar-refractivity contribution is -0.118. The summed E-state index contributed by atoms with van der Waals surface area (Å²) in [4.78, 5) is 24.7. The number of amides is 1. The summed E-state index contributed by atoms with van der Waals surface area (Å²) in [6, 6.07) is 12.9. The van der Waals surface area contributed by atoms with Gasteiger partial charge in [-0.2, -0.15) is 0 Å². The molecular weight excluding hydrogens is 371 g/mol. The van der Waals surface area contributed by atoms with Gasteiger partial charge in [-0.15, -0.1) is 0 Å². The molecule has 1 aliphatic carbocycles. The smallest absolute Gasteiger partial charge is 0.262 e. The Morgan fingerprint density at radius 3 is 2.76 bits per heavy atom. The van der Waals surface area contributed by atoms with E-state index in [1.165, 1.54) is 24.6 Å². The number of hydrogen-bond acceptors (Lipinski definition) is 3. The summed E-state index contributed by atoms with van der Waals surface area (Å²) in [6.07, 6.45) is 3.52. The van der Waals surface area contributed by atoms with Gasteiger partial charge in [0.15, 0.2) is 6.61 Å². The summed E-state index contributed by atoms with van der Waals surface area (Å²) in [6.45, 7) is 2.42. The molecule has 0 spiro atoms. The molecule has 6 heteroatoms. The minimum Gasteiger partial charge on any atom is -0.484 e. The molecule has 29 heavy (non-hydrogen) atoms. The topological polar surface area (TPSA) is 60.3 Å². The number of carbonyl (C=O) groups is 1. The Labute approximate surface area is 168 Å². The second-order valence-corrected chi connectivity index (χ2v) is 7.60. The molecule has 1 heterocycles. The molecule has 0 atom stereocenters. The predicted molar refractivity (Wildman–Crippen MR) is 111 cm³/mol. The van der Waals surface area contributed by atoms with Gasteiger partial charge in [0.1, 0.15) is 11.6 Å². The summed E-state index contributed by atoms with van der Waals surface area (Å²) in [7, 11) is 0. The summed E-state index contributed by atoms with van der Waals surface area (Å²) in [5, 5.41) is 3.60. The van der Waals surface area contributed by atoms with Crippen molar-refractivity contribution in [3.8, 4) is 5.75 Å². The highest BCUT2D eigenvalue weighted by molar-refractivity contribution is 5.92. The van der Waals surface area contributed by atoms with Crippen LogP contribution in [0.15, 0.2) is 53.3 Å². The highest BCUT2D eigenvalue weighted by Crippen LogP contribution is 2.29. The predicted octanol–water partition coefficient (Wildman–Crippen LogP) is 4.27. The van der Waals surface area contributed by atoms with Gasteiger partial charge >= 0.3 is 0 Å². The summed E-state index contributed by atoms with van der Waals surface area (Å²) >= 11 is 0. The van der Waals surface area contributed by atoms with Crippen molar-refractivity contribution in [1.29, 1.82) is 0 Å². The van der Waals surface area contributed by atoms with Gasteiger partial charge in [0.2, 0.25) is 0 Å². The number of pyridine rings is 1. The van der Waals surface area contributed by atoms with Gasteiger partial charge < -0.3 is 14.6 Å². The molecule has 1 N–H and O–H groups in total. The molecule has 2 aromatic carbocycles. The molecule has 0 unspecified atom stereocenters. The van der Waals surface area contributed by atoms with Crippen molar-refractivity contribution in [1.82, 2.24) is 4.57 Å². The number of halogens is 1. The maximum atomic E-state index is 13.2. The highest BCUT2D eigenvalue weighted by atomic mass is 19.1. The van der Waals surface area contributed by atoms with Crippen LogP contribution in [-0.4, -0.2) is 17.1 Å². The van der Waals surface area contributed by atoms with Crippen molar-refractivity contribution in [2.24, 2.45) is 5.92 Å². The molecule has 1 aliphatic rings. The van der Waals surface area contributed by atoms with E-state index in [0.29, 0.717) is 23.9 Å². The largest absolute Gasteiger partial charge is 0.484 e.